The molecule has 42 heavy (non-hydrogen) atoms. The molecule has 1 aliphatic heterocycles. The average Bonchev–Trinajstić information content (AvgIpc) is 3.44. The number of aryl methyl sites for hydroxylation is 1. The summed E-state index contributed by atoms with van der Waals surface area (Å²) in [6, 6.07) is 22.6. The summed E-state index contributed by atoms with van der Waals surface area (Å²) in [6.45, 7) is 16.2. The second-order valence-corrected chi connectivity index (χ2v) is 11.9. The zero-order valence-electron chi connectivity index (χ0n) is 25.1. The maximum absolute atomic E-state index is 6.40. The summed E-state index contributed by atoms with van der Waals surface area (Å²) in [7, 11) is -0.468. The molecule has 1 fully saturated rings. The number of benzene rings is 3. The SMILES string of the molecule is C=C/C=C\C=C(/C)c1cc(-c2cc(C)cc3oc4ccc(B5OC(C)(C)C(C)(C)O5)cc4c23)nc(-c2ccccc2)n1. The Morgan fingerprint density at radius 2 is 1.60 bits per heavy atom. The van der Waals surface area contributed by atoms with E-state index in [9.17, 15) is 0 Å². The summed E-state index contributed by atoms with van der Waals surface area (Å²) >= 11 is 0. The second kappa shape index (κ2) is 10.5. The van der Waals surface area contributed by atoms with Crippen molar-refractivity contribution < 1.29 is 13.7 Å². The minimum Gasteiger partial charge on any atom is -0.456 e. The highest BCUT2D eigenvalue weighted by atomic mass is 16.7. The lowest BCUT2D eigenvalue weighted by molar-refractivity contribution is 0.00578. The Balaban J connectivity index is 1.56. The molecule has 1 saturated heterocycles. The van der Waals surface area contributed by atoms with E-state index in [1.807, 2.05) is 60.7 Å². The van der Waals surface area contributed by atoms with Gasteiger partial charge in [-0.3, -0.25) is 0 Å². The molecule has 5 nitrogen and oxygen atoms in total. The zero-order chi connectivity index (χ0) is 29.6. The highest BCUT2D eigenvalue weighted by Crippen LogP contribution is 2.40. The topological polar surface area (TPSA) is 57.4 Å². The molecule has 210 valence electrons. The Hall–Kier alpha value is -4.26. The lowest BCUT2D eigenvalue weighted by Crippen LogP contribution is -2.41. The van der Waals surface area contributed by atoms with E-state index in [-0.39, 0.29) is 0 Å². The molecule has 0 aliphatic carbocycles. The minimum atomic E-state index is -0.468. The van der Waals surface area contributed by atoms with Crippen molar-refractivity contribution in [2.24, 2.45) is 0 Å². The number of allylic oxidation sites excluding steroid dienone is 5. The monoisotopic (exact) mass is 554 g/mol. The van der Waals surface area contributed by atoms with Gasteiger partial charge in [-0.1, -0.05) is 73.3 Å². The number of rotatable bonds is 6. The van der Waals surface area contributed by atoms with Crippen LogP contribution < -0.4 is 5.46 Å². The van der Waals surface area contributed by atoms with E-state index in [1.165, 1.54) is 0 Å². The molecular weight excluding hydrogens is 519 g/mol. The van der Waals surface area contributed by atoms with Gasteiger partial charge in [-0.15, -0.1) is 0 Å². The Labute approximate surface area is 247 Å². The zero-order valence-corrected chi connectivity index (χ0v) is 25.1. The summed E-state index contributed by atoms with van der Waals surface area (Å²) in [4.78, 5) is 10.1. The molecule has 5 aromatic rings. The van der Waals surface area contributed by atoms with E-state index in [0.717, 1.165) is 61.1 Å². The fraction of sp³-hybridized carbons (Fsp3) is 0.222. The van der Waals surface area contributed by atoms with Gasteiger partial charge in [-0.25, -0.2) is 9.97 Å². The molecule has 6 heteroatoms. The van der Waals surface area contributed by atoms with Gasteiger partial charge < -0.3 is 13.7 Å². The van der Waals surface area contributed by atoms with E-state index in [0.29, 0.717) is 5.82 Å². The van der Waals surface area contributed by atoms with Crippen LogP contribution in [0.1, 0.15) is 45.9 Å². The quantitative estimate of drug-likeness (QED) is 0.156. The molecule has 0 unspecified atom stereocenters. The summed E-state index contributed by atoms with van der Waals surface area (Å²) in [5, 5.41) is 2.00. The van der Waals surface area contributed by atoms with Crippen molar-refractivity contribution in [2.45, 2.75) is 52.7 Å². The number of furan rings is 1. The van der Waals surface area contributed by atoms with Crippen LogP contribution in [0.25, 0.3) is 50.2 Å². The van der Waals surface area contributed by atoms with E-state index < -0.39 is 18.3 Å². The first-order valence-corrected chi connectivity index (χ1v) is 14.3. The minimum absolute atomic E-state index is 0.426. The molecule has 0 saturated carbocycles. The number of fused-ring (bicyclic) bond motifs is 3. The van der Waals surface area contributed by atoms with Crippen molar-refractivity contribution in [3.05, 3.63) is 109 Å². The first kappa shape index (κ1) is 27.9. The molecule has 0 bridgehead atoms. The first-order valence-electron chi connectivity index (χ1n) is 14.3. The van der Waals surface area contributed by atoms with Crippen LogP contribution in [-0.2, 0) is 9.31 Å². The largest absolute Gasteiger partial charge is 0.494 e. The van der Waals surface area contributed by atoms with Crippen LogP contribution in [-0.4, -0.2) is 28.3 Å². The van der Waals surface area contributed by atoms with Crippen LogP contribution in [0.2, 0.25) is 0 Å². The lowest BCUT2D eigenvalue weighted by Gasteiger charge is -2.32. The summed E-state index contributed by atoms with van der Waals surface area (Å²) in [5.41, 5.74) is 7.47. The molecule has 0 N–H and O–H groups in total. The van der Waals surface area contributed by atoms with Crippen LogP contribution in [0.5, 0.6) is 0 Å². The van der Waals surface area contributed by atoms with Crippen molar-refractivity contribution in [2.75, 3.05) is 0 Å². The maximum Gasteiger partial charge on any atom is 0.494 e. The smallest absolute Gasteiger partial charge is 0.456 e. The van der Waals surface area contributed by atoms with E-state index >= 15 is 0 Å². The first-order chi connectivity index (χ1) is 20.1. The van der Waals surface area contributed by atoms with E-state index in [2.05, 4.69) is 72.4 Å². The third kappa shape index (κ3) is 5.02. The van der Waals surface area contributed by atoms with Crippen LogP contribution in [0, 0.1) is 6.92 Å². The van der Waals surface area contributed by atoms with Crippen molar-refractivity contribution in [3.8, 4) is 22.6 Å². The molecule has 0 spiro atoms. The van der Waals surface area contributed by atoms with Gasteiger partial charge in [0.25, 0.3) is 0 Å². The van der Waals surface area contributed by atoms with Crippen LogP contribution >= 0.6 is 0 Å². The molecule has 6 rings (SSSR count). The van der Waals surface area contributed by atoms with Gasteiger partial charge in [-0.05, 0) is 82.4 Å². The number of nitrogens with zero attached hydrogens (tertiary/aromatic N) is 2. The Kier molecular flexibility index (Phi) is 7.00. The Morgan fingerprint density at radius 3 is 2.31 bits per heavy atom. The molecule has 0 radical (unpaired) electrons. The maximum atomic E-state index is 6.40. The second-order valence-electron chi connectivity index (χ2n) is 11.9. The van der Waals surface area contributed by atoms with Gasteiger partial charge in [0.2, 0.25) is 0 Å². The van der Waals surface area contributed by atoms with Gasteiger partial charge in [0.15, 0.2) is 5.82 Å². The van der Waals surface area contributed by atoms with Crippen molar-refractivity contribution in [3.63, 3.8) is 0 Å². The normalized spacial score (nSPS) is 16.6. The number of aromatic nitrogens is 2. The molecule has 0 amide bonds. The third-order valence-corrected chi connectivity index (χ3v) is 8.30. The Bertz CT molecular complexity index is 1870. The van der Waals surface area contributed by atoms with Crippen LogP contribution in [0.3, 0.4) is 0 Å². The average molecular weight is 554 g/mol. The summed E-state index contributed by atoms with van der Waals surface area (Å²) in [5.74, 6) is 0.670. The highest BCUT2D eigenvalue weighted by molar-refractivity contribution is 6.62. The van der Waals surface area contributed by atoms with Gasteiger partial charge in [-0.2, -0.15) is 0 Å². The van der Waals surface area contributed by atoms with Gasteiger partial charge in [0.1, 0.15) is 11.2 Å². The van der Waals surface area contributed by atoms with Crippen molar-refractivity contribution in [1.29, 1.82) is 0 Å². The van der Waals surface area contributed by atoms with Gasteiger partial charge in [0.05, 0.1) is 22.6 Å². The molecule has 1 aliphatic rings. The van der Waals surface area contributed by atoms with Crippen LogP contribution in [0.4, 0.5) is 0 Å². The molecule has 2 aromatic heterocycles. The van der Waals surface area contributed by atoms with Crippen molar-refractivity contribution >= 4 is 40.1 Å². The fourth-order valence-corrected chi connectivity index (χ4v) is 5.26. The van der Waals surface area contributed by atoms with Gasteiger partial charge >= 0.3 is 7.12 Å². The lowest BCUT2D eigenvalue weighted by atomic mass is 9.78. The van der Waals surface area contributed by atoms with Crippen molar-refractivity contribution in [1.82, 2.24) is 9.97 Å². The van der Waals surface area contributed by atoms with E-state index in [4.69, 9.17) is 23.7 Å². The number of hydrogen-bond acceptors (Lipinski definition) is 5. The summed E-state index contributed by atoms with van der Waals surface area (Å²) < 4.78 is 19.2. The fourth-order valence-electron chi connectivity index (χ4n) is 5.26. The molecular formula is C36H35BN2O3. The summed E-state index contributed by atoms with van der Waals surface area (Å²) in [6.07, 6.45) is 7.68. The molecule has 3 aromatic carbocycles. The predicted molar refractivity (Wildman–Crippen MR) is 174 cm³/mol. The number of hydrogen-bond donors (Lipinski definition) is 0. The predicted octanol–water partition coefficient (Wildman–Crippen LogP) is 8.46. The third-order valence-electron chi connectivity index (χ3n) is 8.30. The molecule has 0 atom stereocenters. The van der Waals surface area contributed by atoms with Crippen LogP contribution in [0.15, 0.2) is 102 Å². The van der Waals surface area contributed by atoms with E-state index in [1.54, 1.807) is 6.08 Å². The standard InChI is InChI=1S/C36H35BN2O3/c1-8-9-11-14-24(3)29-22-30(39-34(38-29)25-15-12-10-13-16-25)27-19-23(2)20-32-33(27)28-21-26(17-18-31(28)40-32)37-41-35(4,5)36(6,7)42-37/h8-22H,1H2,2-7H3/b11-9-,24-14+. The van der Waals surface area contributed by atoms with Gasteiger partial charge in [0, 0.05) is 21.9 Å². The highest BCUT2D eigenvalue weighted by Gasteiger charge is 2.51. The molecule has 3 heterocycles. The Morgan fingerprint density at radius 1 is 0.857 bits per heavy atom.